The topological polar surface area (TPSA) is 72.0 Å². The van der Waals surface area contributed by atoms with Gasteiger partial charge < -0.3 is 10.8 Å². The lowest BCUT2D eigenvalue weighted by Gasteiger charge is -1.99. The molecule has 0 fully saturated rings. The number of phenolic OH excluding ortho intramolecular Hbond substituents is 1. The Hall–Kier alpha value is -1.17. The average Bonchev–Trinajstić information content (AvgIpc) is 2.70. The van der Waals surface area contributed by atoms with Crippen LogP contribution in [0.4, 0.5) is 0 Å². The number of hydrogen-bond acceptors (Lipinski definition) is 5. The predicted octanol–water partition coefficient (Wildman–Crippen LogP) is 2.02. The lowest BCUT2D eigenvalue weighted by Crippen LogP contribution is -1.94. The fourth-order valence-corrected chi connectivity index (χ4v) is 2.13. The maximum atomic E-state index is 9.34. The molecule has 0 amide bonds. The molecule has 15 heavy (non-hydrogen) atoms. The highest BCUT2D eigenvalue weighted by molar-refractivity contribution is 7.14. The number of phenols is 1. The van der Waals surface area contributed by atoms with E-state index < -0.39 is 0 Å². The molecule has 0 aliphatic carbocycles. The van der Waals surface area contributed by atoms with E-state index in [1.165, 1.54) is 17.4 Å². The lowest BCUT2D eigenvalue weighted by molar-refractivity contribution is 0.475. The van der Waals surface area contributed by atoms with Gasteiger partial charge in [-0.05, 0) is 18.2 Å². The molecule has 0 aliphatic rings. The normalized spacial score (nSPS) is 10.5. The van der Waals surface area contributed by atoms with E-state index in [2.05, 4.69) is 10.2 Å². The number of hydrogen-bond donors (Lipinski definition) is 2. The Morgan fingerprint density at radius 2 is 2.20 bits per heavy atom. The largest absolute Gasteiger partial charge is 0.508 e. The van der Waals surface area contributed by atoms with Gasteiger partial charge in [0.05, 0.1) is 5.02 Å². The van der Waals surface area contributed by atoms with E-state index in [1.807, 2.05) is 0 Å². The minimum Gasteiger partial charge on any atom is -0.508 e. The molecular formula is C9H8ClN3OS. The molecular weight excluding hydrogens is 234 g/mol. The van der Waals surface area contributed by atoms with Crippen LogP contribution >= 0.6 is 22.9 Å². The fraction of sp³-hybridized carbons (Fsp3) is 0.111. The summed E-state index contributed by atoms with van der Waals surface area (Å²) in [5.41, 5.74) is 6.11. The van der Waals surface area contributed by atoms with Gasteiger partial charge in [0.1, 0.15) is 15.8 Å². The zero-order valence-electron chi connectivity index (χ0n) is 7.64. The first-order valence-corrected chi connectivity index (χ1v) is 5.41. The van der Waals surface area contributed by atoms with Crippen molar-refractivity contribution in [1.82, 2.24) is 10.2 Å². The van der Waals surface area contributed by atoms with E-state index >= 15 is 0 Å². The number of aromatic nitrogens is 2. The third kappa shape index (κ3) is 2.09. The van der Waals surface area contributed by atoms with Crippen LogP contribution in [-0.4, -0.2) is 15.3 Å². The summed E-state index contributed by atoms with van der Waals surface area (Å²) in [5, 5.41) is 19.1. The van der Waals surface area contributed by atoms with Crippen LogP contribution in [0.5, 0.6) is 5.75 Å². The molecule has 0 saturated carbocycles. The van der Waals surface area contributed by atoms with Gasteiger partial charge in [0.25, 0.3) is 0 Å². The summed E-state index contributed by atoms with van der Waals surface area (Å²) in [4.78, 5) is 0. The monoisotopic (exact) mass is 241 g/mol. The van der Waals surface area contributed by atoms with Crippen molar-refractivity contribution in [2.24, 2.45) is 5.73 Å². The molecule has 0 spiro atoms. The number of halogens is 1. The van der Waals surface area contributed by atoms with E-state index in [0.29, 0.717) is 22.1 Å². The summed E-state index contributed by atoms with van der Waals surface area (Å²) >= 11 is 7.35. The van der Waals surface area contributed by atoms with Crippen molar-refractivity contribution in [2.45, 2.75) is 6.54 Å². The third-order valence-corrected chi connectivity index (χ3v) is 3.13. The van der Waals surface area contributed by atoms with Crippen molar-refractivity contribution in [3.63, 3.8) is 0 Å². The number of rotatable bonds is 2. The Labute approximate surface area is 95.3 Å². The zero-order chi connectivity index (χ0) is 10.8. The molecule has 1 heterocycles. The number of benzene rings is 1. The number of nitrogens with two attached hydrogens (primary N) is 1. The van der Waals surface area contributed by atoms with Crippen LogP contribution in [0.1, 0.15) is 5.01 Å². The molecule has 0 aliphatic heterocycles. The predicted molar refractivity (Wildman–Crippen MR) is 59.9 cm³/mol. The molecule has 2 rings (SSSR count). The highest BCUT2D eigenvalue weighted by Crippen LogP contribution is 2.32. The van der Waals surface area contributed by atoms with Crippen molar-refractivity contribution >= 4 is 22.9 Å². The highest BCUT2D eigenvalue weighted by Gasteiger charge is 2.10. The number of aromatic hydroxyl groups is 1. The molecule has 6 heteroatoms. The highest BCUT2D eigenvalue weighted by atomic mass is 35.5. The van der Waals surface area contributed by atoms with Gasteiger partial charge in [-0.25, -0.2) is 0 Å². The van der Waals surface area contributed by atoms with Gasteiger partial charge in [-0.2, -0.15) is 0 Å². The lowest BCUT2D eigenvalue weighted by atomic mass is 10.2. The Balaban J connectivity index is 2.48. The summed E-state index contributed by atoms with van der Waals surface area (Å²) in [7, 11) is 0. The van der Waals surface area contributed by atoms with Crippen molar-refractivity contribution in [3.8, 4) is 16.3 Å². The Bertz CT molecular complexity index is 486. The summed E-state index contributed by atoms with van der Waals surface area (Å²) in [6.07, 6.45) is 0. The first-order chi connectivity index (χ1) is 7.20. The molecule has 4 nitrogen and oxygen atoms in total. The Kier molecular flexibility index (Phi) is 2.86. The summed E-state index contributed by atoms with van der Waals surface area (Å²) < 4.78 is 0. The van der Waals surface area contributed by atoms with Crippen LogP contribution < -0.4 is 5.73 Å². The van der Waals surface area contributed by atoms with E-state index in [4.69, 9.17) is 17.3 Å². The molecule has 0 atom stereocenters. The van der Waals surface area contributed by atoms with Gasteiger partial charge in [-0.3, -0.25) is 0 Å². The van der Waals surface area contributed by atoms with Gasteiger partial charge in [0.15, 0.2) is 0 Å². The molecule has 0 bridgehead atoms. The summed E-state index contributed by atoms with van der Waals surface area (Å²) in [6.45, 7) is 0.355. The first-order valence-electron chi connectivity index (χ1n) is 4.22. The summed E-state index contributed by atoms with van der Waals surface area (Å²) in [6, 6.07) is 4.70. The van der Waals surface area contributed by atoms with E-state index in [9.17, 15) is 5.11 Å². The fourth-order valence-electron chi connectivity index (χ4n) is 1.12. The van der Waals surface area contributed by atoms with E-state index in [-0.39, 0.29) is 5.75 Å². The second kappa shape index (κ2) is 4.14. The van der Waals surface area contributed by atoms with Gasteiger partial charge >= 0.3 is 0 Å². The molecule has 0 radical (unpaired) electrons. The first kappa shape index (κ1) is 10.4. The van der Waals surface area contributed by atoms with Crippen LogP contribution in [-0.2, 0) is 6.54 Å². The van der Waals surface area contributed by atoms with Crippen LogP contribution in [0, 0.1) is 0 Å². The molecule has 0 unspecified atom stereocenters. The van der Waals surface area contributed by atoms with Crippen molar-refractivity contribution in [2.75, 3.05) is 0 Å². The van der Waals surface area contributed by atoms with Crippen molar-refractivity contribution in [3.05, 3.63) is 28.2 Å². The quantitative estimate of drug-likeness (QED) is 0.844. The van der Waals surface area contributed by atoms with Crippen molar-refractivity contribution in [1.29, 1.82) is 0 Å². The van der Waals surface area contributed by atoms with Gasteiger partial charge in [-0.1, -0.05) is 22.9 Å². The van der Waals surface area contributed by atoms with Gasteiger partial charge in [-0.15, -0.1) is 10.2 Å². The molecule has 1 aromatic carbocycles. The maximum Gasteiger partial charge on any atom is 0.149 e. The minimum atomic E-state index is 0.152. The Morgan fingerprint density at radius 1 is 1.40 bits per heavy atom. The van der Waals surface area contributed by atoms with Crippen molar-refractivity contribution < 1.29 is 5.11 Å². The van der Waals surface area contributed by atoms with Gasteiger partial charge in [0.2, 0.25) is 0 Å². The molecule has 1 aromatic heterocycles. The third-order valence-electron chi connectivity index (χ3n) is 1.82. The molecule has 78 valence electrons. The van der Waals surface area contributed by atoms with Crippen LogP contribution in [0.15, 0.2) is 18.2 Å². The van der Waals surface area contributed by atoms with Crippen LogP contribution in [0.3, 0.4) is 0 Å². The molecule has 0 saturated heterocycles. The standard InChI is InChI=1S/C9H8ClN3OS/c10-7-2-1-5(14)3-6(7)9-13-12-8(4-11)15-9/h1-3,14H,4,11H2. The SMILES string of the molecule is NCc1nnc(-c2cc(O)ccc2Cl)s1. The Morgan fingerprint density at radius 3 is 2.87 bits per heavy atom. The smallest absolute Gasteiger partial charge is 0.149 e. The van der Waals surface area contributed by atoms with Gasteiger partial charge in [0, 0.05) is 12.1 Å². The van der Waals surface area contributed by atoms with Crippen LogP contribution in [0.2, 0.25) is 5.02 Å². The average molecular weight is 242 g/mol. The van der Waals surface area contributed by atoms with E-state index in [1.54, 1.807) is 12.1 Å². The maximum absolute atomic E-state index is 9.34. The summed E-state index contributed by atoms with van der Waals surface area (Å²) in [5.74, 6) is 0.152. The number of nitrogens with zero attached hydrogens (tertiary/aromatic N) is 2. The van der Waals surface area contributed by atoms with E-state index in [0.717, 1.165) is 5.01 Å². The second-order valence-corrected chi connectivity index (χ2v) is 4.34. The molecule has 2 aromatic rings. The van der Waals surface area contributed by atoms with Crippen LogP contribution in [0.25, 0.3) is 10.6 Å². The zero-order valence-corrected chi connectivity index (χ0v) is 9.22. The molecule has 3 N–H and O–H groups in total. The second-order valence-electron chi connectivity index (χ2n) is 2.87. The minimum absolute atomic E-state index is 0.152.